The maximum absolute atomic E-state index is 12.1. The van der Waals surface area contributed by atoms with E-state index in [0.29, 0.717) is 12.5 Å². The highest BCUT2D eigenvalue weighted by Crippen LogP contribution is 2.25. The van der Waals surface area contributed by atoms with Gasteiger partial charge in [-0.3, -0.25) is 9.69 Å². The minimum absolute atomic E-state index is 0.00545. The number of anilines is 1. The first-order valence-electron chi connectivity index (χ1n) is 7.84. The molecule has 0 aromatic heterocycles. The Morgan fingerprint density at radius 1 is 1.38 bits per heavy atom. The van der Waals surface area contributed by atoms with Crippen LogP contribution in [-0.2, 0) is 11.2 Å². The number of nitrogens with one attached hydrogen (secondary N) is 1. The van der Waals surface area contributed by atoms with Crippen molar-refractivity contribution < 1.29 is 9.90 Å². The maximum Gasteiger partial charge on any atom is 0.238 e. The van der Waals surface area contributed by atoms with Crippen LogP contribution in [0.3, 0.4) is 0 Å². The number of aliphatic hydroxyl groups is 1. The Balaban J connectivity index is 1.83. The second kappa shape index (κ2) is 7.57. The Hall–Kier alpha value is -1.39. The van der Waals surface area contributed by atoms with Gasteiger partial charge in [0.1, 0.15) is 0 Å². The molecule has 2 rings (SSSR count). The van der Waals surface area contributed by atoms with Crippen molar-refractivity contribution in [1.82, 2.24) is 4.90 Å². The molecule has 4 nitrogen and oxygen atoms in total. The van der Waals surface area contributed by atoms with Crippen molar-refractivity contribution in [2.45, 2.75) is 38.7 Å². The van der Waals surface area contributed by atoms with Crippen LogP contribution in [0.2, 0.25) is 0 Å². The lowest BCUT2D eigenvalue weighted by Crippen LogP contribution is -2.35. The molecule has 1 fully saturated rings. The van der Waals surface area contributed by atoms with Gasteiger partial charge in [0.25, 0.3) is 0 Å². The van der Waals surface area contributed by atoms with E-state index in [4.69, 9.17) is 0 Å². The minimum Gasteiger partial charge on any atom is -0.393 e. The molecular formula is C17H26N2O2. The van der Waals surface area contributed by atoms with Gasteiger partial charge in [-0.2, -0.15) is 0 Å². The van der Waals surface area contributed by atoms with E-state index < -0.39 is 0 Å². The second-order valence-corrected chi connectivity index (χ2v) is 6.01. The van der Waals surface area contributed by atoms with Crippen LogP contribution in [0.15, 0.2) is 24.3 Å². The Labute approximate surface area is 127 Å². The summed E-state index contributed by atoms with van der Waals surface area (Å²) >= 11 is 0. The third kappa shape index (κ3) is 4.55. The zero-order valence-corrected chi connectivity index (χ0v) is 13.0. The first-order valence-corrected chi connectivity index (χ1v) is 7.84. The Morgan fingerprint density at radius 2 is 2.14 bits per heavy atom. The van der Waals surface area contributed by atoms with E-state index in [0.717, 1.165) is 43.5 Å². The van der Waals surface area contributed by atoms with Crippen LogP contribution in [0.1, 0.15) is 31.7 Å². The summed E-state index contributed by atoms with van der Waals surface area (Å²) in [5.74, 6) is 0.316. The van der Waals surface area contributed by atoms with Crippen molar-refractivity contribution in [3.8, 4) is 0 Å². The minimum atomic E-state index is -0.198. The molecule has 2 atom stereocenters. The third-order valence-corrected chi connectivity index (χ3v) is 4.25. The van der Waals surface area contributed by atoms with Crippen molar-refractivity contribution in [3.05, 3.63) is 29.8 Å². The number of para-hydroxylation sites is 1. The van der Waals surface area contributed by atoms with E-state index in [1.54, 1.807) is 0 Å². The van der Waals surface area contributed by atoms with Crippen molar-refractivity contribution in [1.29, 1.82) is 0 Å². The molecule has 1 aliphatic carbocycles. The number of nitrogens with zero attached hydrogens (tertiary/aromatic N) is 1. The van der Waals surface area contributed by atoms with Crippen molar-refractivity contribution in [2.75, 3.05) is 25.5 Å². The molecule has 21 heavy (non-hydrogen) atoms. The highest BCUT2D eigenvalue weighted by Gasteiger charge is 2.26. The summed E-state index contributed by atoms with van der Waals surface area (Å²) in [5, 5.41) is 12.8. The Bertz CT molecular complexity index is 476. The predicted molar refractivity (Wildman–Crippen MR) is 85.3 cm³/mol. The lowest BCUT2D eigenvalue weighted by atomic mass is 10.1. The van der Waals surface area contributed by atoms with E-state index in [1.165, 1.54) is 0 Å². The summed E-state index contributed by atoms with van der Waals surface area (Å²) in [6.07, 6.45) is 3.76. The van der Waals surface area contributed by atoms with Gasteiger partial charge in [-0.15, -0.1) is 0 Å². The quantitative estimate of drug-likeness (QED) is 0.845. The smallest absolute Gasteiger partial charge is 0.238 e. The fourth-order valence-corrected chi connectivity index (χ4v) is 3.08. The third-order valence-electron chi connectivity index (χ3n) is 4.25. The number of carbonyl (C=O) groups excluding carboxylic acids is 1. The normalized spacial score (nSPS) is 21.7. The number of likely N-dealkylation sites (N-methyl/N-ethyl adjacent to an activating group) is 1. The topological polar surface area (TPSA) is 52.6 Å². The van der Waals surface area contributed by atoms with E-state index in [1.807, 2.05) is 36.2 Å². The molecule has 1 amide bonds. The van der Waals surface area contributed by atoms with Crippen LogP contribution in [-0.4, -0.2) is 42.2 Å². The summed E-state index contributed by atoms with van der Waals surface area (Å²) in [4.78, 5) is 14.1. The molecule has 4 heteroatoms. The van der Waals surface area contributed by atoms with Gasteiger partial charge in [-0.25, -0.2) is 0 Å². The highest BCUT2D eigenvalue weighted by atomic mass is 16.3. The zero-order chi connectivity index (χ0) is 15.2. The van der Waals surface area contributed by atoms with Gasteiger partial charge in [0.15, 0.2) is 0 Å². The molecular weight excluding hydrogens is 264 g/mol. The SMILES string of the molecule is CCc1ccccc1NC(=O)CN(C)CC1CCCC1O. The van der Waals surface area contributed by atoms with E-state index in [9.17, 15) is 9.90 Å². The molecule has 1 aromatic rings. The number of amides is 1. The fourth-order valence-electron chi connectivity index (χ4n) is 3.08. The summed E-state index contributed by atoms with van der Waals surface area (Å²) in [6.45, 7) is 3.23. The monoisotopic (exact) mass is 290 g/mol. The molecule has 0 saturated heterocycles. The molecule has 0 bridgehead atoms. The lowest BCUT2D eigenvalue weighted by molar-refractivity contribution is -0.117. The number of hydrogen-bond donors (Lipinski definition) is 2. The van der Waals surface area contributed by atoms with Crippen LogP contribution in [0, 0.1) is 5.92 Å². The second-order valence-electron chi connectivity index (χ2n) is 6.01. The average Bonchev–Trinajstić information content (AvgIpc) is 2.84. The zero-order valence-electron chi connectivity index (χ0n) is 13.0. The molecule has 2 N–H and O–H groups in total. The molecule has 2 unspecified atom stereocenters. The van der Waals surface area contributed by atoms with Gasteiger partial charge in [-0.05, 0) is 43.9 Å². The summed E-state index contributed by atoms with van der Waals surface area (Å²) in [7, 11) is 1.94. The molecule has 0 aliphatic heterocycles. The molecule has 1 saturated carbocycles. The highest BCUT2D eigenvalue weighted by molar-refractivity contribution is 5.92. The van der Waals surface area contributed by atoms with Crippen LogP contribution >= 0.6 is 0 Å². The van der Waals surface area contributed by atoms with E-state index in [2.05, 4.69) is 12.2 Å². The molecule has 0 radical (unpaired) electrons. The molecule has 0 heterocycles. The number of rotatable bonds is 6. The van der Waals surface area contributed by atoms with E-state index in [-0.39, 0.29) is 12.0 Å². The standard InChI is InChI=1S/C17H26N2O2/c1-3-13-7-4-5-9-15(13)18-17(21)12-19(2)11-14-8-6-10-16(14)20/h4-5,7,9,14,16,20H,3,6,8,10-12H2,1-2H3,(H,18,21). The molecule has 116 valence electrons. The van der Waals surface area contributed by atoms with Crippen molar-refractivity contribution in [3.63, 3.8) is 0 Å². The van der Waals surface area contributed by atoms with Gasteiger partial charge < -0.3 is 10.4 Å². The lowest BCUT2D eigenvalue weighted by Gasteiger charge is -2.22. The molecule has 0 spiro atoms. The average molecular weight is 290 g/mol. The largest absolute Gasteiger partial charge is 0.393 e. The molecule has 1 aromatic carbocycles. The summed E-state index contributed by atoms with van der Waals surface area (Å²) in [6, 6.07) is 7.90. The van der Waals surface area contributed by atoms with Gasteiger partial charge in [0, 0.05) is 12.2 Å². The predicted octanol–water partition coefficient (Wildman–Crippen LogP) is 2.28. The summed E-state index contributed by atoms with van der Waals surface area (Å²) < 4.78 is 0. The van der Waals surface area contributed by atoms with Gasteiger partial charge in [0.2, 0.25) is 5.91 Å². The van der Waals surface area contributed by atoms with Gasteiger partial charge >= 0.3 is 0 Å². The maximum atomic E-state index is 12.1. The van der Waals surface area contributed by atoms with Crippen LogP contribution in [0.4, 0.5) is 5.69 Å². The first kappa shape index (κ1) is 16.0. The number of carbonyl (C=O) groups is 1. The van der Waals surface area contributed by atoms with Gasteiger partial charge in [0.05, 0.1) is 12.6 Å². The summed E-state index contributed by atoms with van der Waals surface area (Å²) in [5.41, 5.74) is 2.05. The van der Waals surface area contributed by atoms with Gasteiger partial charge in [-0.1, -0.05) is 31.5 Å². The fraction of sp³-hybridized carbons (Fsp3) is 0.588. The Morgan fingerprint density at radius 3 is 2.81 bits per heavy atom. The van der Waals surface area contributed by atoms with Crippen LogP contribution < -0.4 is 5.32 Å². The van der Waals surface area contributed by atoms with Crippen molar-refractivity contribution in [2.24, 2.45) is 5.92 Å². The van der Waals surface area contributed by atoms with E-state index >= 15 is 0 Å². The first-order chi connectivity index (χ1) is 10.1. The number of aliphatic hydroxyl groups excluding tert-OH is 1. The van der Waals surface area contributed by atoms with Crippen molar-refractivity contribution >= 4 is 11.6 Å². The van der Waals surface area contributed by atoms with Crippen LogP contribution in [0.25, 0.3) is 0 Å². The Kier molecular flexibility index (Phi) is 5.76. The number of hydrogen-bond acceptors (Lipinski definition) is 3. The molecule has 1 aliphatic rings. The number of benzene rings is 1. The van der Waals surface area contributed by atoms with Crippen LogP contribution in [0.5, 0.6) is 0 Å². The number of aryl methyl sites for hydroxylation is 1.